The summed E-state index contributed by atoms with van der Waals surface area (Å²) in [6.07, 6.45) is 3.07. The predicted octanol–water partition coefficient (Wildman–Crippen LogP) is 3.99. The van der Waals surface area contributed by atoms with Crippen LogP contribution >= 0.6 is 0 Å². The van der Waals surface area contributed by atoms with Gasteiger partial charge in [-0.3, -0.25) is 4.98 Å². The first-order chi connectivity index (χ1) is 9.56. The number of benzene rings is 1. The van der Waals surface area contributed by atoms with Gasteiger partial charge in [-0.2, -0.15) is 0 Å². The molecule has 3 rings (SSSR count). The summed E-state index contributed by atoms with van der Waals surface area (Å²) in [7, 11) is 0. The molecule has 20 heavy (non-hydrogen) atoms. The number of hydrogen-bond donors (Lipinski definition) is 1. The maximum atomic E-state index is 4.32. The maximum absolute atomic E-state index is 4.32. The SMILES string of the molecule is Cc1cc([C@H]2C[C@@H](c3ccccc3)NC2(C)C)ccn1. The van der Waals surface area contributed by atoms with Crippen molar-refractivity contribution in [3.05, 3.63) is 65.5 Å². The summed E-state index contributed by atoms with van der Waals surface area (Å²) < 4.78 is 0. The highest BCUT2D eigenvalue weighted by molar-refractivity contribution is 5.30. The van der Waals surface area contributed by atoms with Gasteiger partial charge in [0.25, 0.3) is 0 Å². The topological polar surface area (TPSA) is 24.9 Å². The Morgan fingerprint density at radius 2 is 1.85 bits per heavy atom. The largest absolute Gasteiger partial charge is 0.304 e. The minimum atomic E-state index is 0.105. The molecule has 2 atom stereocenters. The Balaban J connectivity index is 1.90. The lowest BCUT2D eigenvalue weighted by Gasteiger charge is -2.27. The Morgan fingerprint density at radius 1 is 1.10 bits per heavy atom. The first-order valence-corrected chi connectivity index (χ1v) is 7.31. The van der Waals surface area contributed by atoms with E-state index in [2.05, 4.69) is 73.5 Å². The van der Waals surface area contributed by atoms with Gasteiger partial charge in [0.2, 0.25) is 0 Å². The van der Waals surface area contributed by atoms with Gasteiger partial charge in [0.15, 0.2) is 0 Å². The monoisotopic (exact) mass is 266 g/mol. The summed E-state index contributed by atoms with van der Waals surface area (Å²) in [6.45, 7) is 6.67. The van der Waals surface area contributed by atoms with Gasteiger partial charge < -0.3 is 5.32 Å². The van der Waals surface area contributed by atoms with E-state index in [4.69, 9.17) is 0 Å². The first kappa shape index (κ1) is 13.3. The second-order valence-electron chi connectivity index (χ2n) is 6.35. The third kappa shape index (κ3) is 2.48. The fourth-order valence-corrected chi connectivity index (χ4v) is 3.38. The van der Waals surface area contributed by atoms with Crippen LogP contribution in [0.4, 0.5) is 0 Å². The van der Waals surface area contributed by atoms with Crippen LogP contribution < -0.4 is 5.32 Å². The van der Waals surface area contributed by atoms with Crippen molar-refractivity contribution in [2.24, 2.45) is 0 Å². The third-order valence-corrected chi connectivity index (χ3v) is 4.41. The van der Waals surface area contributed by atoms with Crippen molar-refractivity contribution < 1.29 is 0 Å². The van der Waals surface area contributed by atoms with Gasteiger partial charge in [-0.1, -0.05) is 30.3 Å². The van der Waals surface area contributed by atoms with Crippen LogP contribution in [0.2, 0.25) is 0 Å². The molecule has 0 amide bonds. The van der Waals surface area contributed by atoms with E-state index < -0.39 is 0 Å². The Labute approximate surface area is 121 Å². The first-order valence-electron chi connectivity index (χ1n) is 7.31. The van der Waals surface area contributed by atoms with Crippen molar-refractivity contribution in [2.75, 3.05) is 0 Å². The van der Waals surface area contributed by atoms with Crippen LogP contribution in [0.5, 0.6) is 0 Å². The highest BCUT2D eigenvalue weighted by atomic mass is 15.0. The van der Waals surface area contributed by atoms with Gasteiger partial charge in [0, 0.05) is 29.4 Å². The second kappa shape index (κ2) is 5.02. The van der Waals surface area contributed by atoms with Crippen LogP contribution in [0.25, 0.3) is 0 Å². The van der Waals surface area contributed by atoms with Gasteiger partial charge >= 0.3 is 0 Å². The number of pyridine rings is 1. The predicted molar refractivity (Wildman–Crippen MR) is 82.7 cm³/mol. The number of aryl methyl sites for hydroxylation is 1. The summed E-state index contributed by atoms with van der Waals surface area (Å²) in [4.78, 5) is 4.32. The molecule has 1 aromatic carbocycles. The fourth-order valence-electron chi connectivity index (χ4n) is 3.38. The molecule has 2 aromatic rings. The van der Waals surface area contributed by atoms with E-state index >= 15 is 0 Å². The Hall–Kier alpha value is -1.67. The highest BCUT2D eigenvalue weighted by Gasteiger charge is 2.41. The molecule has 1 aromatic heterocycles. The Kier molecular flexibility index (Phi) is 3.35. The molecule has 2 heteroatoms. The van der Waals surface area contributed by atoms with Gasteiger partial charge in [-0.15, -0.1) is 0 Å². The Morgan fingerprint density at radius 3 is 2.55 bits per heavy atom. The average Bonchev–Trinajstić information content (AvgIpc) is 2.76. The van der Waals surface area contributed by atoms with Crippen LogP contribution in [0, 0.1) is 6.92 Å². The van der Waals surface area contributed by atoms with Crippen molar-refractivity contribution in [3.63, 3.8) is 0 Å². The molecule has 0 bridgehead atoms. The smallest absolute Gasteiger partial charge is 0.0375 e. The van der Waals surface area contributed by atoms with Crippen molar-refractivity contribution in [2.45, 2.75) is 44.7 Å². The van der Waals surface area contributed by atoms with E-state index in [1.54, 1.807) is 0 Å². The molecule has 1 fully saturated rings. The van der Waals surface area contributed by atoms with E-state index in [1.165, 1.54) is 11.1 Å². The van der Waals surface area contributed by atoms with Crippen LogP contribution in [0.3, 0.4) is 0 Å². The van der Waals surface area contributed by atoms with Crippen molar-refractivity contribution in [1.82, 2.24) is 10.3 Å². The minimum Gasteiger partial charge on any atom is -0.304 e. The van der Waals surface area contributed by atoms with E-state index in [9.17, 15) is 0 Å². The zero-order valence-corrected chi connectivity index (χ0v) is 12.4. The maximum Gasteiger partial charge on any atom is 0.0375 e. The van der Waals surface area contributed by atoms with Gasteiger partial charge in [0.05, 0.1) is 0 Å². The number of aromatic nitrogens is 1. The quantitative estimate of drug-likeness (QED) is 0.889. The van der Waals surface area contributed by atoms with Crippen molar-refractivity contribution >= 4 is 0 Å². The van der Waals surface area contributed by atoms with Crippen LogP contribution in [-0.4, -0.2) is 10.5 Å². The molecule has 0 aliphatic carbocycles. The minimum absolute atomic E-state index is 0.105. The van der Waals surface area contributed by atoms with Crippen molar-refractivity contribution in [3.8, 4) is 0 Å². The second-order valence-corrected chi connectivity index (χ2v) is 6.35. The number of rotatable bonds is 2. The molecule has 2 nitrogen and oxygen atoms in total. The molecule has 104 valence electrons. The van der Waals surface area contributed by atoms with Gasteiger partial charge in [0.1, 0.15) is 0 Å². The van der Waals surface area contributed by atoms with E-state index in [0.29, 0.717) is 12.0 Å². The zero-order valence-electron chi connectivity index (χ0n) is 12.4. The lowest BCUT2D eigenvalue weighted by Crippen LogP contribution is -2.37. The van der Waals surface area contributed by atoms with E-state index in [-0.39, 0.29) is 5.54 Å². The fraction of sp³-hybridized carbons (Fsp3) is 0.389. The summed E-state index contributed by atoms with van der Waals surface area (Å²) in [5.41, 5.74) is 3.98. The zero-order chi connectivity index (χ0) is 14.2. The molecule has 1 aliphatic rings. The Bertz CT molecular complexity index is 589. The van der Waals surface area contributed by atoms with Crippen LogP contribution in [-0.2, 0) is 0 Å². The number of hydrogen-bond acceptors (Lipinski definition) is 2. The lowest BCUT2D eigenvalue weighted by molar-refractivity contribution is 0.397. The standard InChI is InChI=1S/C18H22N2/c1-13-11-15(9-10-19-13)16-12-17(20-18(16,2)3)14-7-5-4-6-8-14/h4-11,16-17,20H,12H2,1-3H3/t16-,17+/m1/s1. The highest BCUT2D eigenvalue weighted by Crippen LogP contribution is 2.43. The van der Waals surface area contributed by atoms with Crippen LogP contribution in [0.1, 0.15) is 49.0 Å². The van der Waals surface area contributed by atoms with Crippen LogP contribution in [0.15, 0.2) is 48.7 Å². The van der Waals surface area contributed by atoms with Gasteiger partial charge in [-0.05, 0) is 50.5 Å². The molecule has 0 saturated carbocycles. The lowest BCUT2D eigenvalue weighted by atomic mass is 9.82. The molecule has 0 spiro atoms. The normalized spacial score (nSPS) is 24.8. The number of nitrogens with zero attached hydrogens (tertiary/aromatic N) is 1. The third-order valence-electron chi connectivity index (χ3n) is 4.41. The average molecular weight is 266 g/mol. The summed E-state index contributed by atoms with van der Waals surface area (Å²) in [5, 5.41) is 3.79. The summed E-state index contributed by atoms with van der Waals surface area (Å²) in [6, 6.07) is 15.6. The molecule has 2 heterocycles. The molecule has 1 N–H and O–H groups in total. The van der Waals surface area contributed by atoms with E-state index in [1.807, 2.05) is 6.20 Å². The summed E-state index contributed by atoms with van der Waals surface area (Å²) in [5.74, 6) is 0.523. The van der Waals surface area contributed by atoms with Gasteiger partial charge in [-0.25, -0.2) is 0 Å². The molecule has 0 unspecified atom stereocenters. The molecular weight excluding hydrogens is 244 g/mol. The summed E-state index contributed by atoms with van der Waals surface area (Å²) >= 11 is 0. The molecule has 0 radical (unpaired) electrons. The molecule has 1 saturated heterocycles. The molecular formula is C18H22N2. The molecule has 1 aliphatic heterocycles. The van der Waals surface area contributed by atoms with Crippen molar-refractivity contribution in [1.29, 1.82) is 0 Å². The number of nitrogens with one attached hydrogen (secondary N) is 1. The van der Waals surface area contributed by atoms with E-state index in [0.717, 1.165) is 12.1 Å².